The van der Waals surface area contributed by atoms with Crippen molar-refractivity contribution in [3.05, 3.63) is 23.8 Å². The Bertz CT molecular complexity index is 508. The molecule has 116 valence electrons. The van der Waals surface area contributed by atoms with Crippen LogP contribution in [0, 0.1) is 0 Å². The van der Waals surface area contributed by atoms with Crippen molar-refractivity contribution in [1.29, 1.82) is 0 Å². The van der Waals surface area contributed by atoms with Crippen LogP contribution in [-0.4, -0.2) is 37.6 Å². The van der Waals surface area contributed by atoms with Gasteiger partial charge in [-0.1, -0.05) is 12.1 Å². The lowest BCUT2D eigenvalue weighted by atomic mass is 10.2. The van der Waals surface area contributed by atoms with Crippen LogP contribution in [0.4, 0.5) is 13.2 Å². The second-order valence-corrected chi connectivity index (χ2v) is 5.31. The molecule has 0 unspecified atom stereocenters. The second-order valence-electron chi connectivity index (χ2n) is 4.33. The van der Waals surface area contributed by atoms with Gasteiger partial charge < -0.3 is 14.8 Å². The number of thioether (sulfide) groups is 1. The number of amides is 1. The Labute approximate surface area is 124 Å². The maximum absolute atomic E-state index is 11.9. The molecule has 8 heteroatoms. The first-order chi connectivity index (χ1) is 9.96. The van der Waals surface area contributed by atoms with Gasteiger partial charge in [0, 0.05) is 11.3 Å². The number of carbonyl (C=O) groups excluding carboxylic acids is 1. The molecule has 1 aliphatic rings. The summed E-state index contributed by atoms with van der Waals surface area (Å²) in [5.74, 6) is 1.08. The second kappa shape index (κ2) is 6.93. The lowest BCUT2D eigenvalue weighted by Crippen LogP contribution is -2.34. The van der Waals surface area contributed by atoms with E-state index in [1.54, 1.807) is 6.07 Å². The van der Waals surface area contributed by atoms with Crippen molar-refractivity contribution in [2.45, 2.75) is 11.9 Å². The van der Waals surface area contributed by atoms with Crippen LogP contribution in [-0.2, 0) is 10.5 Å². The summed E-state index contributed by atoms with van der Waals surface area (Å²) < 4.78 is 46.8. The normalized spacial score (nSPS) is 13.9. The topological polar surface area (TPSA) is 47.6 Å². The maximum atomic E-state index is 11.9. The molecule has 1 aromatic carbocycles. The molecular weight excluding hydrogens is 307 g/mol. The fraction of sp³-hybridized carbons (Fsp3) is 0.462. The van der Waals surface area contributed by atoms with Gasteiger partial charge in [-0.05, 0) is 6.07 Å². The molecule has 0 fully saturated rings. The third-order valence-corrected chi connectivity index (χ3v) is 3.61. The Kier molecular flexibility index (Phi) is 5.22. The molecule has 1 N–H and O–H groups in total. The van der Waals surface area contributed by atoms with Crippen LogP contribution in [0.5, 0.6) is 11.5 Å². The molecule has 1 aliphatic heterocycles. The zero-order valence-corrected chi connectivity index (χ0v) is 11.9. The number of nitrogens with one attached hydrogen (secondary N) is 1. The van der Waals surface area contributed by atoms with E-state index >= 15 is 0 Å². The van der Waals surface area contributed by atoms with E-state index in [1.165, 1.54) is 11.8 Å². The van der Waals surface area contributed by atoms with Gasteiger partial charge in [-0.2, -0.15) is 13.2 Å². The SMILES string of the molecule is O=C(CSCc1cccc2c1OCCO2)NCC(F)(F)F. The largest absolute Gasteiger partial charge is 0.486 e. The number of hydrogen-bond acceptors (Lipinski definition) is 4. The summed E-state index contributed by atoms with van der Waals surface area (Å²) in [6, 6.07) is 5.44. The zero-order chi connectivity index (χ0) is 15.3. The number of fused-ring (bicyclic) bond motifs is 1. The Morgan fingerprint density at radius 2 is 2.05 bits per heavy atom. The summed E-state index contributed by atoms with van der Waals surface area (Å²) in [5.41, 5.74) is 0.862. The van der Waals surface area contributed by atoms with E-state index in [4.69, 9.17) is 9.47 Å². The van der Waals surface area contributed by atoms with Gasteiger partial charge in [0.25, 0.3) is 0 Å². The average Bonchev–Trinajstić information content (AvgIpc) is 2.45. The number of rotatable bonds is 5. The summed E-state index contributed by atoms with van der Waals surface area (Å²) in [6.45, 7) is -0.353. The molecule has 1 aromatic rings. The number of halogens is 3. The molecule has 1 heterocycles. The van der Waals surface area contributed by atoms with Crippen molar-refractivity contribution in [1.82, 2.24) is 5.32 Å². The Morgan fingerprint density at radius 1 is 1.29 bits per heavy atom. The van der Waals surface area contributed by atoms with E-state index in [0.29, 0.717) is 30.5 Å². The first kappa shape index (κ1) is 15.8. The van der Waals surface area contributed by atoms with Gasteiger partial charge in [0.05, 0.1) is 5.75 Å². The molecule has 0 aliphatic carbocycles. The van der Waals surface area contributed by atoms with E-state index in [0.717, 1.165) is 5.56 Å². The Hall–Kier alpha value is -1.57. The standard InChI is InChI=1S/C13H14F3NO3S/c14-13(15,16)8-17-11(18)7-21-6-9-2-1-3-10-12(9)20-5-4-19-10/h1-3H,4-8H2,(H,17,18). The maximum Gasteiger partial charge on any atom is 0.405 e. The fourth-order valence-electron chi connectivity index (χ4n) is 1.75. The Morgan fingerprint density at radius 3 is 2.81 bits per heavy atom. The van der Waals surface area contributed by atoms with Crippen LogP contribution in [0.1, 0.15) is 5.56 Å². The minimum absolute atomic E-state index is 0.0411. The molecule has 0 bridgehead atoms. The molecule has 1 amide bonds. The number of ether oxygens (including phenoxy) is 2. The van der Waals surface area contributed by atoms with Crippen molar-refractivity contribution in [3.8, 4) is 11.5 Å². The van der Waals surface area contributed by atoms with E-state index in [-0.39, 0.29) is 5.75 Å². The zero-order valence-electron chi connectivity index (χ0n) is 11.0. The van der Waals surface area contributed by atoms with Crippen LogP contribution >= 0.6 is 11.8 Å². The van der Waals surface area contributed by atoms with Crippen LogP contribution in [0.15, 0.2) is 18.2 Å². The molecule has 4 nitrogen and oxygen atoms in total. The number of alkyl halides is 3. The van der Waals surface area contributed by atoms with E-state index in [1.807, 2.05) is 17.4 Å². The van der Waals surface area contributed by atoms with Crippen LogP contribution in [0.25, 0.3) is 0 Å². The molecule has 0 saturated carbocycles. The lowest BCUT2D eigenvalue weighted by Gasteiger charge is -2.20. The monoisotopic (exact) mass is 321 g/mol. The van der Waals surface area contributed by atoms with Crippen molar-refractivity contribution >= 4 is 17.7 Å². The average molecular weight is 321 g/mol. The molecule has 0 spiro atoms. The summed E-state index contributed by atoms with van der Waals surface area (Å²) >= 11 is 1.22. The third-order valence-electron chi connectivity index (χ3n) is 2.62. The minimum atomic E-state index is -4.38. The smallest absolute Gasteiger partial charge is 0.405 e. The first-order valence-corrected chi connectivity index (χ1v) is 7.40. The molecule has 0 saturated heterocycles. The third kappa shape index (κ3) is 5.04. The highest BCUT2D eigenvalue weighted by atomic mass is 32.2. The number of para-hydroxylation sites is 1. The molecule has 0 radical (unpaired) electrons. The highest BCUT2D eigenvalue weighted by Crippen LogP contribution is 2.35. The first-order valence-electron chi connectivity index (χ1n) is 6.24. The van der Waals surface area contributed by atoms with Gasteiger partial charge in [-0.15, -0.1) is 11.8 Å². The van der Waals surface area contributed by atoms with Crippen molar-refractivity contribution in [3.63, 3.8) is 0 Å². The van der Waals surface area contributed by atoms with Crippen molar-refractivity contribution in [2.75, 3.05) is 25.5 Å². The molecule has 2 rings (SSSR count). The molecule has 21 heavy (non-hydrogen) atoms. The van der Waals surface area contributed by atoms with Crippen LogP contribution < -0.4 is 14.8 Å². The van der Waals surface area contributed by atoms with E-state index in [2.05, 4.69) is 0 Å². The lowest BCUT2D eigenvalue weighted by molar-refractivity contribution is -0.136. The predicted molar refractivity (Wildman–Crippen MR) is 72.7 cm³/mol. The number of carbonyl (C=O) groups is 1. The van der Waals surface area contributed by atoms with Gasteiger partial charge in [0.15, 0.2) is 11.5 Å². The van der Waals surface area contributed by atoms with E-state index < -0.39 is 18.6 Å². The summed E-state index contributed by atoms with van der Waals surface area (Å²) in [5, 5.41) is 1.83. The summed E-state index contributed by atoms with van der Waals surface area (Å²) in [4.78, 5) is 11.3. The Balaban J connectivity index is 1.80. The van der Waals surface area contributed by atoms with Crippen molar-refractivity contribution < 1.29 is 27.4 Å². The highest BCUT2D eigenvalue weighted by molar-refractivity contribution is 7.99. The summed E-state index contributed by atoms with van der Waals surface area (Å²) in [7, 11) is 0. The summed E-state index contributed by atoms with van der Waals surface area (Å²) in [6.07, 6.45) is -4.38. The highest BCUT2D eigenvalue weighted by Gasteiger charge is 2.27. The predicted octanol–water partition coefficient (Wildman–Crippen LogP) is 2.37. The number of hydrogen-bond donors (Lipinski definition) is 1. The van der Waals surface area contributed by atoms with Crippen LogP contribution in [0.2, 0.25) is 0 Å². The fourth-order valence-corrected chi connectivity index (χ4v) is 2.59. The van der Waals surface area contributed by atoms with Crippen molar-refractivity contribution in [2.24, 2.45) is 0 Å². The number of benzene rings is 1. The van der Waals surface area contributed by atoms with Gasteiger partial charge in [-0.3, -0.25) is 4.79 Å². The van der Waals surface area contributed by atoms with Gasteiger partial charge in [-0.25, -0.2) is 0 Å². The van der Waals surface area contributed by atoms with E-state index in [9.17, 15) is 18.0 Å². The quantitative estimate of drug-likeness (QED) is 0.904. The van der Waals surface area contributed by atoms with Crippen LogP contribution in [0.3, 0.4) is 0 Å². The minimum Gasteiger partial charge on any atom is -0.486 e. The molecule has 0 atom stereocenters. The van der Waals surface area contributed by atoms with Gasteiger partial charge >= 0.3 is 6.18 Å². The molecule has 0 aromatic heterocycles. The van der Waals surface area contributed by atoms with Gasteiger partial charge in [0.2, 0.25) is 5.91 Å². The molecular formula is C13H14F3NO3S. The van der Waals surface area contributed by atoms with Gasteiger partial charge in [0.1, 0.15) is 19.8 Å².